The maximum absolute atomic E-state index is 10.7. The van der Waals surface area contributed by atoms with Gasteiger partial charge in [0.05, 0.1) is 12.0 Å². The lowest BCUT2D eigenvalue weighted by Crippen LogP contribution is -2.09. The summed E-state index contributed by atoms with van der Waals surface area (Å²) < 4.78 is 11.0. The van der Waals surface area contributed by atoms with Crippen LogP contribution in [-0.4, -0.2) is 22.7 Å². The molecular formula is C24H21NO4S. The molecule has 30 heavy (non-hydrogen) atoms. The SMILES string of the molecule is CC1CCc2c(sc3nc(-c4ccc(OCC(=O)O)cc4)cc(-c4ccco4)c23)C1. The minimum atomic E-state index is -0.995. The van der Waals surface area contributed by atoms with Crippen LogP contribution in [0.3, 0.4) is 0 Å². The van der Waals surface area contributed by atoms with Gasteiger partial charge in [-0.1, -0.05) is 6.92 Å². The van der Waals surface area contributed by atoms with Gasteiger partial charge in [0.15, 0.2) is 6.61 Å². The van der Waals surface area contributed by atoms with E-state index in [1.807, 2.05) is 24.3 Å². The Balaban J connectivity index is 1.61. The number of nitrogens with zero attached hydrogens (tertiary/aromatic N) is 1. The maximum atomic E-state index is 10.7. The second kappa shape index (κ2) is 7.61. The van der Waals surface area contributed by atoms with Crippen molar-refractivity contribution in [2.45, 2.75) is 26.2 Å². The Hall–Kier alpha value is -3.12. The average molecular weight is 420 g/mol. The van der Waals surface area contributed by atoms with E-state index < -0.39 is 5.97 Å². The summed E-state index contributed by atoms with van der Waals surface area (Å²) >= 11 is 1.80. The van der Waals surface area contributed by atoms with Crippen molar-refractivity contribution in [2.75, 3.05) is 6.61 Å². The zero-order valence-corrected chi connectivity index (χ0v) is 17.4. The van der Waals surface area contributed by atoms with E-state index in [4.69, 9.17) is 19.2 Å². The molecule has 1 N–H and O–H groups in total. The lowest BCUT2D eigenvalue weighted by atomic mass is 9.88. The van der Waals surface area contributed by atoms with E-state index >= 15 is 0 Å². The van der Waals surface area contributed by atoms with Gasteiger partial charge in [-0.25, -0.2) is 9.78 Å². The van der Waals surface area contributed by atoms with E-state index in [0.717, 1.165) is 40.3 Å². The summed E-state index contributed by atoms with van der Waals surface area (Å²) in [7, 11) is 0. The van der Waals surface area contributed by atoms with Crippen molar-refractivity contribution in [1.29, 1.82) is 0 Å². The second-order valence-corrected chi connectivity index (χ2v) is 8.85. The zero-order chi connectivity index (χ0) is 20.7. The maximum Gasteiger partial charge on any atom is 0.341 e. The molecule has 0 saturated carbocycles. The molecular weight excluding hydrogens is 398 g/mol. The Bertz CT molecular complexity index is 1210. The first-order valence-corrected chi connectivity index (χ1v) is 10.8. The Morgan fingerprint density at radius 2 is 2.13 bits per heavy atom. The van der Waals surface area contributed by atoms with E-state index in [0.29, 0.717) is 11.7 Å². The molecule has 1 aromatic carbocycles. The summed E-state index contributed by atoms with van der Waals surface area (Å²) in [6.07, 6.45) is 5.10. The van der Waals surface area contributed by atoms with E-state index in [-0.39, 0.29) is 6.61 Å². The summed E-state index contributed by atoms with van der Waals surface area (Å²) in [5.41, 5.74) is 4.33. The van der Waals surface area contributed by atoms with Gasteiger partial charge in [0.25, 0.3) is 0 Å². The van der Waals surface area contributed by atoms with Crippen molar-refractivity contribution in [3.05, 3.63) is 59.2 Å². The molecule has 0 spiro atoms. The fourth-order valence-electron chi connectivity index (χ4n) is 4.08. The van der Waals surface area contributed by atoms with Crippen molar-refractivity contribution in [3.8, 4) is 28.3 Å². The number of carboxylic acid groups (broad SMARTS) is 1. The van der Waals surface area contributed by atoms with Crippen molar-refractivity contribution in [3.63, 3.8) is 0 Å². The number of pyridine rings is 1. The van der Waals surface area contributed by atoms with Gasteiger partial charge in [0.1, 0.15) is 16.3 Å². The molecule has 1 aliphatic rings. The van der Waals surface area contributed by atoms with Crippen molar-refractivity contribution >= 4 is 27.5 Å². The Labute approximate surface area is 177 Å². The van der Waals surface area contributed by atoms with Gasteiger partial charge >= 0.3 is 5.97 Å². The molecule has 0 amide bonds. The van der Waals surface area contributed by atoms with Gasteiger partial charge in [0, 0.05) is 21.4 Å². The van der Waals surface area contributed by atoms with Crippen molar-refractivity contribution < 1.29 is 19.1 Å². The minimum Gasteiger partial charge on any atom is -0.482 e. The highest BCUT2D eigenvalue weighted by Crippen LogP contribution is 2.43. The number of aliphatic carboxylic acids is 1. The number of furan rings is 1. The molecule has 3 heterocycles. The Morgan fingerprint density at radius 1 is 1.30 bits per heavy atom. The van der Waals surface area contributed by atoms with Gasteiger partial charge in [-0.2, -0.15) is 0 Å². The fourth-order valence-corrected chi connectivity index (χ4v) is 5.49. The molecule has 152 valence electrons. The third kappa shape index (κ3) is 3.48. The van der Waals surface area contributed by atoms with E-state index in [1.165, 1.54) is 22.2 Å². The molecule has 0 aliphatic heterocycles. The number of benzene rings is 1. The molecule has 5 rings (SSSR count). The summed E-state index contributed by atoms with van der Waals surface area (Å²) in [5.74, 6) is 1.08. The number of carboxylic acids is 1. The molecule has 5 nitrogen and oxygen atoms in total. The van der Waals surface area contributed by atoms with Gasteiger partial charge in [-0.3, -0.25) is 0 Å². The number of aryl methyl sites for hydroxylation is 1. The van der Waals surface area contributed by atoms with Crippen molar-refractivity contribution in [2.24, 2.45) is 5.92 Å². The predicted molar refractivity (Wildman–Crippen MR) is 117 cm³/mol. The summed E-state index contributed by atoms with van der Waals surface area (Å²) in [6.45, 7) is 1.96. The molecule has 4 aromatic rings. The minimum absolute atomic E-state index is 0.356. The molecule has 0 fully saturated rings. The van der Waals surface area contributed by atoms with Crippen LogP contribution in [0.2, 0.25) is 0 Å². The van der Waals surface area contributed by atoms with Crippen LogP contribution in [0.15, 0.2) is 53.1 Å². The van der Waals surface area contributed by atoms with Gasteiger partial charge in [0.2, 0.25) is 0 Å². The quantitative estimate of drug-likeness (QED) is 0.442. The van der Waals surface area contributed by atoms with E-state index in [9.17, 15) is 4.79 Å². The monoisotopic (exact) mass is 419 g/mol. The number of thiophene rings is 1. The summed E-state index contributed by atoms with van der Waals surface area (Å²) in [5, 5.41) is 10.00. The Kier molecular flexibility index (Phi) is 4.79. The largest absolute Gasteiger partial charge is 0.482 e. The highest BCUT2D eigenvalue weighted by atomic mass is 32.1. The first-order valence-electron chi connectivity index (χ1n) is 10.0. The van der Waals surface area contributed by atoms with Crippen LogP contribution < -0.4 is 4.74 Å². The van der Waals surface area contributed by atoms with Gasteiger partial charge in [-0.05, 0) is 73.2 Å². The van der Waals surface area contributed by atoms with Crippen LogP contribution in [0.1, 0.15) is 23.8 Å². The third-order valence-electron chi connectivity index (χ3n) is 5.56. The number of ether oxygens (including phenoxy) is 1. The number of fused-ring (bicyclic) bond motifs is 3. The predicted octanol–water partition coefficient (Wildman–Crippen LogP) is 5.81. The number of hydrogen-bond acceptors (Lipinski definition) is 5. The van der Waals surface area contributed by atoms with Crippen molar-refractivity contribution in [1.82, 2.24) is 4.98 Å². The number of rotatable bonds is 5. The standard InChI is InChI=1S/C24H21NO4S/c1-14-4-9-17-21(11-14)30-24-23(17)18(20-3-2-10-28-20)12-19(25-24)15-5-7-16(8-6-15)29-13-22(26)27/h2-3,5-8,10,12,14H,4,9,11,13H2,1H3,(H,26,27). The smallest absolute Gasteiger partial charge is 0.341 e. The van der Waals surface area contributed by atoms with E-state index in [1.54, 1.807) is 29.7 Å². The highest BCUT2D eigenvalue weighted by Gasteiger charge is 2.24. The van der Waals surface area contributed by atoms with Gasteiger partial charge < -0.3 is 14.3 Å². The summed E-state index contributed by atoms with van der Waals surface area (Å²) in [4.78, 5) is 18.2. The molecule has 1 unspecified atom stereocenters. The van der Waals surface area contributed by atoms with Crippen LogP contribution in [0, 0.1) is 5.92 Å². The zero-order valence-electron chi connectivity index (χ0n) is 16.6. The molecule has 0 radical (unpaired) electrons. The number of hydrogen-bond donors (Lipinski definition) is 1. The Morgan fingerprint density at radius 3 is 2.87 bits per heavy atom. The molecule has 0 bridgehead atoms. The van der Waals surface area contributed by atoms with Crippen LogP contribution >= 0.6 is 11.3 Å². The highest BCUT2D eigenvalue weighted by molar-refractivity contribution is 7.19. The fraction of sp³-hybridized carbons (Fsp3) is 0.250. The molecule has 3 aromatic heterocycles. The molecule has 6 heteroatoms. The second-order valence-electron chi connectivity index (χ2n) is 7.77. The van der Waals surface area contributed by atoms with Crippen LogP contribution in [-0.2, 0) is 17.6 Å². The first-order chi connectivity index (χ1) is 14.6. The number of carbonyl (C=O) groups is 1. The lowest BCUT2D eigenvalue weighted by Gasteiger charge is -2.18. The normalized spacial score (nSPS) is 15.8. The van der Waals surface area contributed by atoms with Gasteiger partial charge in [-0.15, -0.1) is 11.3 Å². The topological polar surface area (TPSA) is 72.6 Å². The first kappa shape index (κ1) is 18.9. The van der Waals surface area contributed by atoms with Crippen LogP contribution in [0.25, 0.3) is 32.8 Å². The molecule has 1 aliphatic carbocycles. The number of aromatic nitrogens is 1. The molecule has 1 atom stereocenters. The third-order valence-corrected chi connectivity index (χ3v) is 6.71. The average Bonchev–Trinajstić information content (AvgIpc) is 3.39. The lowest BCUT2D eigenvalue weighted by molar-refractivity contribution is -0.139. The molecule has 0 saturated heterocycles. The summed E-state index contributed by atoms with van der Waals surface area (Å²) in [6, 6.07) is 13.4. The van der Waals surface area contributed by atoms with Crippen LogP contribution in [0.5, 0.6) is 5.75 Å². The van der Waals surface area contributed by atoms with E-state index in [2.05, 4.69) is 13.0 Å². The van der Waals surface area contributed by atoms with Crippen LogP contribution in [0.4, 0.5) is 0 Å².